The molecule has 8 nitrogen and oxygen atoms in total. The number of nitrogens with one attached hydrogen (secondary N) is 1. The van der Waals surface area contributed by atoms with Crippen molar-refractivity contribution < 1.29 is 24.2 Å². The zero-order chi connectivity index (χ0) is 23.1. The Bertz CT molecular complexity index is 946. The van der Waals surface area contributed by atoms with Crippen LogP contribution in [0.3, 0.4) is 0 Å². The Labute approximate surface area is 187 Å². The number of aliphatic hydroxyl groups excluding tert-OH is 1. The minimum absolute atomic E-state index is 0.0803. The van der Waals surface area contributed by atoms with E-state index in [0.717, 1.165) is 16.8 Å². The fourth-order valence-corrected chi connectivity index (χ4v) is 3.60. The molecule has 0 radical (unpaired) electrons. The van der Waals surface area contributed by atoms with Crippen LogP contribution in [-0.4, -0.2) is 72.0 Å². The van der Waals surface area contributed by atoms with Crippen molar-refractivity contribution in [1.82, 2.24) is 9.80 Å². The number of nitrogens with zero attached hydrogens (tertiary/aromatic N) is 2. The molecule has 1 aliphatic rings. The molecule has 0 spiro atoms. The number of carbonyl (C=O) groups is 3. The van der Waals surface area contributed by atoms with Crippen LogP contribution in [0.25, 0.3) is 0 Å². The molecule has 0 aliphatic carbocycles. The van der Waals surface area contributed by atoms with Crippen molar-refractivity contribution in [2.75, 3.05) is 44.6 Å². The van der Waals surface area contributed by atoms with Gasteiger partial charge in [0, 0.05) is 31.9 Å². The summed E-state index contributed by atoms with van der Waals surface area (Å²) in [5, 5.41) is 12.0. The maximum Gasteiger partial charge on any atom is 0.338 e. The van der Waals surface area contributed by atoms with Gasteiger partial charge in [-0.15, -0.1) is 0 Å². The molecule has 32 heavy (non-hydrogen) atoms. The second-order valence-electron chi connectivity index (χ2n) is 7.90. The summed E-state index contributed by atoms with van der Waals surface area (Å²) in [4.78, 5) is 40.6. The molecule has 0 bridgehead atoms. The van der Waals surface area contributed by atoms with Crippen LogP contribution in [0.15, 0.2) is 42.5 Å². The second kappa shape index (κ2) is 10.9. The quantitative estimate of drug-likeness (QED) is 0.638. The van der Waals surface area contributed by atoms with Gasteiger partial charge in [0.1, 0.15) is 0 Å². The summed E-state index contributed by atoms with van der Waals surface area (Å²) >= 11 is 0. The minimum Gasteiger partial charge on any atom is -0.452 e. The SMILES string of the molecule is Cc1cccc(C)c1NC(=O)CN1CCN(C(=O)COC(=O)c2ccc(CO)cc2)CC1. The molecule has 1 saturated heterocycles. The summed E-state index contributed by atoms with van der Waals surface area (Å²) in [6, 6.07) is 12.3. The summed E-state index contributed by atoms with van der Waals surface area (Å²) in [7, 11) is 0. The van der Waals surface area contributed by atoms with Gasteiger partial charge < -0.3 is 20.1 Å². The number of hydrogen-bond acceptors (Lipinski definition) is 6. The molecule has 1 heterocycles. The first-order chi connectivity index (χ1) is 15.4. The minimum atomic E-state index is -0.579. The molecule has 2 aromatic carbocycles. The van der Waals surface area contributed by atoms with E-state index in [1.165, 1.54) is 0 Å². The van der Waals surface area contributed by atoms with Gasteiger partial charge in [0.05, 0.1) is 18.7 Å². The number of anilines is 1. The largest absolute Gasteiger partial charge is 0.452 e. The number of para-hydroxylation sites is 1. The molecule has 0 saturated carbocycles. The number of piperazine rings is 1. The van der Waals surface area contributed by atoms with Crippen molar-refractivity contribution in [3.8, 4) is 0 Å². The highest BCUT2D eigenvalue weighted by Crippen LogP contribution is 2.19. The van der Waals surface area contributed by atoms with Crippen LogP contribution >= 0.6 is 0 Å². The third-order valence-electron chi connectivity index (χ3n) is 5.54. The summed E-state index contributed by atoms with van der Waals surface area (Å²) in [5.74, 6) is -0.919. The third-order valence-corrected chi connectivity index (χ3v) is 5.54. The molecule has 8 heteroatoms. The molecule has 3 rings (SSSR count). The first kappa shape index (κ1) is 23.4. The number of aliphatic hydroxyl groups is 1. The van der Waals surface area contributed by atoms with Gasteiger partial charge in [-0.25, -0.2) is 4.79 Å². The molecule has 170 valence electrons. The number of ether oxygens (including phenoxy) is 1. The van der Waals surface area contributed by atoms with Crippen LogP contribution < -0.4 is 5.32 Å². The molecule has 1 aliphatic heterocycles. The Balaban J connectivity index is 1.41. The lowest BCUT2D eigenvalue weighted by atomic mass is 10.1. The Morgan fingerprint density at radius 2 is 1.59 bits per heavy atom. The number of hydrogen-bond donors (Lipinski definition) is 2. The van der Waals surface area contributed by atoms with E-state index in [2.05, 4.69) is 5.32 Å². The fourth-order valence-electron chi connectivity index (χ4n) is 3.60. The normalized spacial score (nSPS) is 14.2. The maximum absolute atomic E-state index is 12.4. The lowest BCUT2D eigenvalue weighted by Crippen LogP contribution is -2.51. The highest BCUT2D eigenvalue weighted by molar-refractivity contribution is 5.94. The third kappa shape index (κ3) is 6.15. The van der Waals surface area contributed by atoms with Crippen molar-refractivity contribution in [2.45, 2.75) is 20.5 Å². The van der Waals surface area contributed by atoms with E-state index >= 15 is 0 Å². The van der Waals surface area contributed by atoms with Gasteiger partial charge in [-0.1, -0.05) is 30.3 Å². The average molecular weight is 440 g/mol. The van der Waals surface area contributed by atoms with Crippen molar-refractivity contribution in [3.63, 3.8) is 0 Å². The highest BCUT2D eigenvalue weighted by Gasteiger charge is 2.23. The van der Waals surface area contributed by atoms with E-state index < -0.39 is 5.97 Å². The van der Waals surface area contributed by atoms with Crippen LogP contribution in [0, 0.1) is 13.8 Å². The van der Waals surface area contributed by atoms with Gasteiger partial charge in [-0.3, -0.25) is 14.5 Å². The molecule has 0 aromatic heterocycles. The molecule has 1 fully saturated rings. The first-order valence-electron chi connectivity index (χ1n) is 10.6. The van der Waals surface area contributed by atoms with Gasteiger partial charge in [0.2, 0.25) is 5.91 Å². The Morgan fingerprint density at radius 1 is 0.969 bits per heavy atom. The van der Waals surface area contributed by atoms with E-state index in [4.69, 9.17) is 9.84 Å². The number of rotatable bonds is 7. The summed E-state index contributed by atoms with van der Waals surface area (Å²) in [6.07, 6.45) is 0. The Morgan fingerprint density at radius 3 is 2.19 bits per heavy atom. The molecule has 0 unspecified atom stereocenters. The maximum atomic E-state index is 12.4. The van der Waals surface area contributed by atoms with Gasteiger partial charge in [-0.05, 0) is 42.7 Å². The van der Waals surface area contributed by atoms with Crippen LogP contribution in [0.4, 0.5) is 5.69 Å². The van der Waals surface area contributed by atoms with Gasteiger partial charge in [-0.2, -0.15) is 0 Å². The van der Waals surface area contributed by atoms with Gasteiger partial charge >= 0.3 is 5.97 Å². The molecule has 2 aromatic rings. The summed E-state index contributed by atoms with van der Waals surface area (Å²) in [5.41, 5.74) is 3.91. The zero-order valence-corrected chi connectivity index (χ0v) is 18.5. The number of carbonyl (C=O) groups excluding carboxylic acids is 3. The topological polar surface area (TPSA) is 99.2 Å². The standard InChI is InChI=1S/C24H29N3O5/c1-17-4-3-5-18(2)23(17)25-21(29)14-26-10-12-27(13-11-26)22(30)16-32-24(31)20-8-6-19(15-28)7-9-20/h3-9,28H,10-16H2,1-2H3,(H,25,29). The second-order valence-corrected chi connectivity index (χ2v) is 7.90. The molecule has 2 N–H and O–H groups in total. The average Bonchev–Trinajstić information content (AvgIpc) is 2.80. The van der Waals surface area contributed by atoms with E-state index in [0.29, 0.717) is 37.3 Å². The van der Waals surface area contributed by atoms with Gasteiger partial charge in [0.25, 0.3) is 5.91 Å². The monoisotopic (exact) mass is 439 g/mol. The van der Waals surface area contributed by atoms with E-state index in [1.54, 1.807) is 29.2 Å². The summed E-state index contributed by atoms with van der Waals surface area (Å²) in [6.45, 7) is 5.84. The van der Waals surface area contributed by atoms with Crippen molar-refractivity contribution in [2.24, 2.45) is 0 Å². The van der Waals surface area contributed by atoms with Crippen molar-refractivity contribution >= 4 is 23.5 Å². The predicted octanol–water partition coefficient (Wildman–Crippen LogP) is 1.74. The molecule has 2 amide bonds. The zero-order valence-electron chi connectivity index (χ0n) is 18.5. The lowest BCUT2D eigenvalue weighted by Gasteiger charge is -2.34. The first-order valence-corrected chi connectivity index (χ1v) is 10.6. The van der Waals surface area contributed by atoms with E-state index in [1.807, 2.05) is 36.9 Å². The summed E-state index contributed by atoms with van der Waals surface area (Å²) < 4.78 is 5.13. The highest BCUT2D eigenvalue weighted by atomic mass is 16.5. The fraction of sp³-hybridized carbons (Fsp3) is 0.375. The van der Waals surface area contributed by atoms with Crippen LogP contribution in [-0.2, 0) is 20.9 Å². The Hall–Kier alpha value is -3.23. The number of amides is 2. The van der Waals surface area contributed by atoms with Gasteiger partial charge in [0.15, 0.2) is 6.61 Å². The number of benzene rings is 2. The van der Waals surface area contributed by atoms with Crippen molar-refractivity contribution in [1.29, 1.82) is 0 Å². The van der Waals surface area contributed by atoms with E-state index in [9.17, 15) is 14.4 Å². The molecule has 0 atom stereocenters. The predicted molar refractivity (Wildman–Crippen MR) is 120 cm³/mol. The van der Waals surface area contributed by atoms with Crippen LogP contribution in [0.1, 0.15) is 27.0 Å². The number of esters is 1. The van der Waals surface area contributed by atoms with Crippen LogP contribution in [0.5, 0.6) is 0 Å². The molecular weight excluding hydrogens is 410 g/mol. The van der Waals surface area contributed by atoms with Crippen LogP contribution in [0.2, 0.25) is 0 Å². The Kier molecular flexibility index (Phi) is 7.97. The smallest absolute Gasteiger partial charge is 0.338 e. The molecular formula is C24H29N3O5. The lowest BCUT2D eigenvalue weighted by molar-refractivity contribution is -0.136. The number of aryl methyl sites for hydroxylation is 2. The van der Waals surface area contributed by atoms with Crippen molar-refractivity contribution in [3.05, 3.63) is 64.7 Å². The van der Waals surface area contributed by atoms with E-state index in [-0.39, 0.29) is 31.6 Å².